The molecule has 0 radical (unpaired) electrons. The van der Waals surface area contributed by atoms with Gasteiger partial charge >= 0.3 is 5.97 Å². The number of aliphatic hydroxyl groups excluding tert-OH is 15. The molecule has 0 bridgehead atoms. The normalized spacial score (nSPS) is 54.6. The standard InChI is InChI=1S/C60H96O29/c1-55(2)14-12-34(88-55)59(7)31-11-16-58(6)23-9-10-30-56(3,4)33(13-15-57(30,5)24(23)17-32(65)60(31,58)54(76)89-59)84-53-48(38(69)29(22-78-53)83-49-41(72)39(70)35(66)25(18-61)79-49)87-50-42(73)40(71)45(28(21-64)82-50)85-52-44(75)47(37(68)27(20-63)81-52)86-51-43(74)46(77-8)36(67)26(19-62)80-51/h17,23,25-53,61-75H,9-16,18-22H2,1-8H3/t23-,25-,26-,27-,28-,29-,30+,31-,32-,33+,34?,35-,36-,37-,38+,39+,40-,41-,42-,43-,44-,45-,46+,47+,48-,49+,50+,51+,52+,53+,57-,58+,59-,60+/m1/s1. The molecular weight excluding hydrogens is 1180 g/mol. The van der Waals surface area contributed by atoms with Gasteiger partial charge in [0.1, 0.15) is 127 Å². The van der Waals surface area contributed by atoms with Crippen LogP contribution in [0.25, 0.3) is 0 Å². The van der Waals surface area contributed by atoms with Crippen molar-refractivity contribution in [1.29, 1.82) is 0 Å². The molecule has 0 aromatic heterocycles. The number of ether oxygens (including phenoxy) is 13. The van der Waals surface area contributed by atoms with E-state index in [1.165, 1.54) is 7.11 Å². The summed E-state index contributed by atoms with van der Waals surface area (Å²) >= 11 is 0. The molecule has 0 aromatic carbocycles. The summed E-state index contributed by atoms with van der Waals surface area (Å²) in [5.41, 5.74) is -3.20. The van der Waals surface area contributed by atoms with E-state index in [-0.39, 0.29) is 35.4 Å². The average Bonchev–Trinajstić information content (AvgIpc) is 1.53. The molecule has 89 heavy (non-hydrogen) atoms. The fraction of sp³-hybridized carbons (Fsp3) is 0.950. The summed E-state index contributed by atoms with van der Waals surface area (Å²) in [6, 6.07) is 0. The molecule has 11 rings (SSSR count). The number of allylic oxidation sites excluding steroid dienone is 1. The predicted octanol–water partition coefficient (Wildman–Crippen LogP) is -4.41. The smallest absolute Gasteiger partial charge is 0.316 e. The summed E-state index contributed by atoms with van der Waals surface area (Å²) < 4.78 is 78.7. The van der Waals surface area contributed by atoms with Gasteiger partial charge in [0.05, 0.1) is 56.9 Å². The molecule has 1 unspecified atom stereocenters. The Kier molecular flexibility index (Phi) is 19.5. The first-order valence-electron chi connectivity index (χ1n) is 31.5. The molecule has 10 fully saturated rings. The van der Waals surface area contributed by atoms with Crippen LogP contribution in [0.15, 0.2) is 11.6 Å². The first-order valence-corrected chi connectivity index (χ1v) is 31.5. The number of hydrogen-bond acceptors (Lipinski definition) is 29. The number of cyclic esters (lactones) is 1. The first-order chi connectivity index (χ1) is 41.9. The van der Waals surface area contributed by atoms with E-state index >= 15 is 0 Å². The Morgan fingerprint density at radius 2 is 1.06 bits per heavy atom. The Hall–Kier alpha value is -1.87. The SMILES string of the molecule is CO[C@@H]1[C@@H](O)[C@H](O[C@@H]2[C@@H](O)[C@H](O[C@H]3[C@H](O)[C@@H](O)[C@H](O[C@H]4[C@H](O[C@H]5CC[C@]6(C)C7=C[C@@H](O)[C@]89C(=O)O[C@@](C)(C%10CCC(C)(C)O%10)[C@H]8CC[C@@]9(C)[C@@H]7CC[C@H]6C5(C)C)OC[C@@H](O[C@@H]5O[C@H](CO)[C@@H](O)[C@H](O)[C@H]5O)[C@@H]4O)O[C@@H]3CO)O[C@H](CO)[C@H]2O)O[C@H](CO)[C@H]1O. The van der Waals surface area contributed by atoms with Crippen LogP contribution in [0.1, 0.15) is 99.8 Å². The third-order valence-corrected chi connectivity index (χ3v) is 23.1. The highest BCUT2D eigenvalue weighted by molar-refractivity contribution is 5.84. The second-order valence-electron chi connectivity index (χ2n) is 28.7. The lowest BCUT2D eigenvalue weighted by atomic mass is 9.40. The minimum absolute atomic E-state index is 0.0584. The molecule has 15 N–H and O–H groups in total. The molecule has 0 aromatic rings. The van der Waals surface area contributed by atoms with E-state index in [1.54, 1.807) is 0 Å². The van der Waals surface area contributed by atoms with Gasteiger partial charge in [0.2, 0.25) is 0 Å². The van der Waals surface area contributed by atoms with E-state index in [0.717, 1.165) is 18.4 Å². The lowest BCUT2D eigenvalue weighted by molar-refractivity contribution is -0.396. The zero-order chi connectivity index (χ0) is 64.6. The fourth-order valence-electron chi connectivity index (χ4n) is 18.2. The van der Waals surface area contributed by atoms with E-state index in [2.05, 4.69) is 27.7 Å². The third-order valence-electron chi connectivity index (χ3n) is 23.1. The lowest BCUT2D eigenvalue weighted by Crippen LogP contribution is -2.67. The quantitative estimate of drug-likeness (QED) is 0.0394. The Labute approximate surface area is 515 Å². The van der Waals surface area contributed by atoms with E-state index in [0.29, 0.717) is 38.5 Å². The molecule has 510 valence electrons. The predicted molar refractivity (Wildman–Crippen MR) is 295 cm³/mol. The van der Waals surface area contributed by atoms with E-state index in [1.807, 2.05) is 26.8 Å². The van der Waals surface area contributed by atoms with Gasteiger partial charge in [0.25, 0.3) is 0 Å². The van der Waals surface area contributed by atoms with Gasteiger partial charge in [-0.3, -0.25) is 4.79 Å². The molecule has 34 atom stereocenters. The minimum Gasteiger partial charge on any atom is -0.456 e. The van der Waals surface area contributed by atoms with Gasteiger partial charge in [-0.1, -0.05) is 39.3 Å². The largest absolute Gasteiger partial charge is 0.456 e. The maximum atomic E-state index is 14.7. The third kappa shape index (κ3) is 11.0. The van der Waals surface area contributed by atoms with Crippen molar-refractivity contribution < 1.29 is 143 Å². The van der Waals surface area contributed by atoms with E-state index < -0.39 is 220 Å². The summed E-state index contributed by atoms with van der Waals surface area (Å²) in [5.74, 6) is -0.792. The summed E-state index contributed by atoms with van der Waals surface area (Å²) in [4.78, 5) is 14.7. The zero-order valence-corrected chi connectivity index (χ0v) is 51.5. The van der Waals surface area contributed by atoms with Crippen LogP contribution < -0.4 is 0 Å². The molecule has 29 nitrogen and oxygen atoms in total. The van der Waals surface area contributed by atoms with Gasteiger partial charge in [-0.25, -0.2) is 0 Å². The number of carbonyl (C=O) groups is 1. The van der Waals surface area contributed by atoms with Crippen molar-refractivity contribution in [3.8, 4) is 0 Å². The number of rotatable bonds is 16. The van der Waals surface area contributed by atoms with Crippen molar-refractivity contribution >= 4 is 5.97 Å². The molecule has 0 amide bonds. The highest BCUT2D eigenvalue weighted by atomic mass is 16.8. The topological polar surface area (TPSA) is 441 Å². The van der Waals surface area contributed by atoms with Crippen molar-refractivity contribution in [2.45, 2.75) is 277 Å². The van der Waals surface area contributed by atoms with Gasteiger partial charge in [-0.2, -0.15) is 0 Å². The average molecular weight is 1280 g/mol. The van der Waals surface area contributed by atoms with Crippen molar-refractivity contribution in [2.24, 2.45) is 39.4 Å². The van der Waals surface area contributed by atoms with Gasteiger partial charge in [-0.05, 0) is 100 Å². The van der Waals surface area contributed by atoms with Crippen LogP contribution in [-0.2, 0) is 66.4 Å². The number of hydrogen-bond donors (Lipinski definition) is 15. The highest BCUT2D eigenvalue weighted by Crippen LogP contribution is 2.76. The molecular formula is C60H96O29. The zero-order valence-electron chi connectivity index (χ0n) is 51.5. The van der Waals surface area contributed by atoms with Crippen LogP contribution in [0.3, 0.4) is 0 Å². The molecule has 11 aliphatic rings. The Bertz CT molecular complexity index is 2510. The molecule has 29 heteroatoms. The Morgan fingerprint density at radius 3 is 1.66 bits per heavy atom. The second-order valence-corrected chi connectivity index (χ2v) is 28.7. The van der Waals surface area contributed by atoms with Crippen LogP contribution >= 0.6 is 0 Å². The maximum Gasteiger partial charge on any atom is 0.316 e. The molecule has 7 aliphatic heterocycles. The number of carbonyl (C=O) groups excluding carboxylic acids is 1. The Balaban J connectivity index is 0.827. The lowest BCUT2D eigenvalue weighted by Gasteiger charge is -2.64. The first kappa shape index (κ1) is 68.5. The van der Waals surface area contributed by atoms with Crippen molar-refractivity contribution in [3.63, 3.8) is 0 Å². The second kappa shape index (κ2) is 25.3. The van der Waals surface area contributed by atoms with Crippen LogP contribution in [0.2, 0.25) is 0 Å². The van der Waals surface area contributed by atoms with Crippen LogP contribution in [-0.4, -0.2) is 300 Å². The number of fused-ring (bicyclic) bond motifs is 4. The molecule has 7 saturated heterocycles. The van der Waals surface area contributed by atoms with Gasteiger partial charge in [0, 0.05) is 13.0 Å². The highest BCUT2D eigenvalue weighted by Gasteiger charge is 2.80. The monoisotopic (exact) mass is 1280 g/mol. The fourth-order valence-corrected chi connectivity index (χ4v) is 18.2. The van der Waals surface area contributed by atoms with E-state index in [9.17, 15) is 81.4 Å². The number of methoxy groups -OCH3 is 1. The Morgan fingerprint density at radius 1 is 0.506 bits per heavy atom. The van der Waals surface area contributed by atoms with Crippen molar-refractivity contribution in [3.05, 3.63) is 11.6 Å². The molecule has 7 heterocycles. The molecule has 1 spiro atoms. The van der Waals surface area contributed by atoms with Gasteiger partial charge < -0.3 is 138 Å². The van der Waals surface area contributed by atoms with Gasteiger partial charge in [0.15, 0.2) is 31.5 Å². The number of aliphatic hydroxyl groups is 15. The summed E-state index contributed by atoms with van der Waals surface area (Å²) in [6.45, 7) is 10.7. The van der Waals surface area contributed by atoms with E-state index in [4.69, 9.17) is 61.6 Å². The molecule has 3 saturated carbocycles. The van der Waals surface area contributed by atoms with Gasteiger partial charge in [-0.15, -0.1) is 0 Å². The van der Waals surface area contributed by atoms with Crippen LogP contribution in [0.4, 0.5) is 0 Å². The van der Waals surface area contributed by atoms with Crippen LogP contribution in [0, 0.1) is 39.4 Å². The summed E-state index contributed by atoms with van der Waals surface area (Å²) in [5, 5.41) is 166. The summed E-state index contributed by atoms with van der Waals surface area (Å²) in [6.07, 6.45) is -36.7. The maximum absolute atomic E-state index is 14.7. The van der Waals surface area contributed by atoms with Crippen molar-refractivity contribution in [2.75, 3.05) is 40.1 Å². The van der Waals surface area contributed by atoms with Crippen LogP contribution in [0.5, 0.6) is 0 Å². The van der Waals surface area contributed by atoms with Crippen molar-refractivity contribution in [1.82, 2.24) is 0 Å². The molecule has 4 aliphatic carbocycles. The minimum atomic E-state index is -2.13. The number of esters is 1. The summed E-state index contributed by atoms with van der Waals surface area (Å²) in [7, 11) is 1.17.